The number of pyridine rings is 1. The van der Waals surface area contributed by atoms with Crippen molar-refractivity contribution >= 4 is 0 Å². The molecule has 0 amide bonds. The molecule has 0 spiro atoms. The molecule has 0 saturated carbocycles. The normalized spacial score (nSPS) is 31.0. The number of nitrogens with one attached hydrogen (secondary N) is 1. The first-order valence-corrected chi connectivity index (χ1v) is 6.30. The molecule has 2 saturated heterocycles. The Kier molecular flexibility index (Phi) is 2.89. The van der Waals surface area contributed by atoms with Crippen LogP contribution in [0, 0.1) is 0 Å². The van der Waals surface area contributed by atoms with Crippen molar-refractivity contribution in [2.24, 2.45) is 0 Å². The maximum Gasteiger partial charge on any atom is 0.0303 e. The van der Waals surface area contributed by atoms with Gasteiger partial charge in [0.1, 0.15) is 0 Å². The zero-order chi connectivity index (χ0) is 10.8. The van der Waals surface area contributed by atoms with Gasteiger partial charge >= 0.3 is 0 Å². The molecule has 0 bridgehead atoms. The summed E-state index contributed by atoms with van der Waals surface area (Å²) in [6, 6.07) is 5.01. The van der Waals surface area contributed by atoms with Crippen LogP contribution in [-0.4, -0.2) is 42.1 Å². The van der Waals surface area contributed by atoms with E-state index in [4.69, 9.17) is 0 Å². The van der Waals surface area contributed by atoms with Crippen LogP contribution in [0.15, 0.2) is 24.5 Å². The van der Waals surface area contributed by atoms with E-state index in [1.54, 1.807) is 0 Å². The van der Waals surface area contributed by atoms with Gasteiger partial charge in [-0.05, 0) is 31.0 Å². The topological polar surface area (TPSA) is 28.2 Å². The SMILES string of the molecule is c1cncc(C2CNCCN3CCCC23)c1. The van der Waals surface area contributed by atoms with Gasteiger partial charge in [-0.1, -0.05) is 6.07 Å². The second-order valence-corrected chi connectivity index (χ2v) is 4.84. The van der Waals surface area contributed by atoms with Crippen molar-refractivity contribution in [1.29, 1.82) is 0 Å². The zero-order valence-electron chi connectivity index (χ0n) is 9.60. The molecular formula is C13H19N3. The molecule has 0 radical (unpaired) electrons. The van der Waals surface area contributed by atoms with Crippen molar-refractivity contribution in [1.82, 2.24) is 15.2 Å². The Morgan fingerprint density at radius 2 is 2.38 bits per heavy atom. The van der Waals surface area contributed by atoms with E-state index in [2.05, 4.69) is 27.3 Å². The monoisotopic (exact) mass is 217 g/mol. The lowest BCUT2D eigenvalue weighted by Crippen LogP contribution is -2.34. The number of hydrogen-bond acceptors (Lipinski definition) is 3. The van der Waals surface area contributed by atoms with Crippen LogP contribution in [0.2, 0.25) is 0 Å². The lowest BCUT2D eigenvalue weighted by Gasteiger charge is -2.28. The van der Waals surface area contributed by atoms with Gasteiger partial charge in [0.15, 0.2) is 0 Å². The maximum atomic E-state index is 4.26. The Bertz CT molecular complexity index is 338. The molecule has 2 atom stereocenters. The Balaban J connectivity index is 1.87. The Morgan fingerprint density at radius 1 is 1.38 bits per heavy atom. The standard InChI is InChI=1S/C13H19N3/c1-3-11(9-14-5-1)12-10-15-6-8-16-7-2-4-13(12)16/h1,3,5,9,12-13,15H,2,4,6-8,10H2. The summed E-state index contributed by atoms with van der Waals surface area (Å²) in [7, 11) is 0. The van der Waals surface area contributed by atoms with Gasteiger partial charge in [-0.15, -0.1) is 0 Å². The van der Waals surface area contributed by atoms with E-state index in [1.165, 1.54) is 31.5 Å². The first-order chi connectivity index (χ1) is 7.95. The quantitative estimate of drug-likeness (QED) is 0.767. The van der Waals surface area contributed by atoms with Crippen molar-refractivity contribution in [2.75, 3.05) is 26.2 Å². The molecule has 1 aromatic heterocycles. The van der Waals surface area contributed by atoms with E-state index in [0.29, 0.717) is 5.92 Å². The summed E-state index contributed by atoms with van der Waals surface area (Å²) in [5, 5.41) is 3.55. The molecule has 0 aliphatic carbocycles. The van der Waals surface area contributed by atoms with Gasteiger partial charge in [-0.3, -0.25) is 9.88 Å². The van der Waals surface area contributed by atoms with Crippen molar-refractivity contribution < 1.29 is 0 Å². The average Bonchev–Trinajstić information content (AvgIpc) is 2.70. The number of fused-ring (bicyclic) bond motifs is 1. The fourth-order valence-corrected chi connectivity index (χ4v) is 3.14. The Morgan fingerprint density at radius 3 is 3.25 bits per heavy atom. The molecule has 1 N–H and O–H groups in total. The van der Waals surface area contributed by atoms with Gasteiger partial charge in [0, 0.05) is 44.0 Å². The molecule has 86 valence electrons. The molecule has 3 rings (SSSR count). The van der Waals surface area contributed by atoms with Crippen molar-refractivity contribution in [2.45, 2.75) is 24.8 Å². The van der Waals surface area contributed by atoms with Gasteiger partial charge in [0.05, 0.1) is 0 Å². The highest BCUT2D eigenvalue weighted by Crippen LogP contribution is 2.31. The van der Waals surface area contributed by atoms with E-state index in [0.717, 1.165) is 19.1 Å². The summed E-state index contributed by atoms with van der Waals surface area (Å²) in [5.74, 6) is 0.624. The third-order valence-corrected chi connectivity index (χ3v) is 3.93. The van der Waals surface area contributed by atoms with Gasteiger partial charge in [-0.25, -0.2) is 0 Å². The molecule has 2 aliphatic heterocycles. The first-order valence-electron chi connectivity index (χ1n) is 6.30. The molecule has 3 heterocycles. The second-order valence-electron chi connectivity index (χ2n) is 4.84. The van der Waals surface area contributed by atoms with E-state index in [-0.39, 0.29) is 0 Å². The van der Waals surface area contributed by atoms with E-state index in [1.807, 2.05) is 12.4 Å². The van der Waals surface area contributed by atoms with Crippen LogP contribution < -0.4 is 5.32 Å². The molecule has 2 fully saturated rings. The smallest absolute Gasteiger partial charge is 0.0303 e. The minimum absolute atomic E-state index is 0.624. The third-order valence-electron chi connectivity index (χ3n) is 3.93. The fourth-order valence-electron chi connectivity index (χ4n) is 3.14. The molecule has 16 heavy (non-hydrogen) atoms. The highest BCUT2D eigenvalue weighted by Gasteiger charge is 2.33. The van der Waals surface area contributed by atoms with Crippen molar-refractivity contribution in [3.63, 3.8) is 0 Å². The summed E-state index contributed by atoms with van der Waals surface area (Å²) in [6.07, 6.45) is 6.61. The molecule has 0 aromatic carbocycles. The van der Waals surface area contributed by atoms with Crippen LogP contribution >= 0.6 is 0 Å². The lowest BCUT2D eigenvalue weighted by atomic mass is 9.91. The van der Waals surface area contributed by atoms with Crippen LogP contribution in [0.4, 0.5) is 0 Å². The molecule has 2 aliphatic rings. The lowest BCUT2D eigenvalue weighted by molar-refractivity contribution is 0.249. The summed E-state index contributed by atoms with van der Waals surface area (Å²) in [6.45, 7) is 4.73. The van der Waals surface area contributed by atoms with E-state index in [9.17, 15) is 0 Å². The predicted molar refractivity (Wildman–Crippen MR) is 64.4 cm³/mol. The highest BCUT2D eigenvalue weighted by molar-refractivity contribution is 5.19. The molecule has 1 aromatic rings. The third kappa shape index (κ3) is 1.85. The molecule has 2 unspecified atom stereocenters. The van der Waals surface area contributed by atoms with Crippen LogP contribution in [0.5, 0.6) is 0 Å². The Labute approximate surface area is 96.9 Å². The minimum atomic E-state index is 0.624. The zero-order valence-corrected chi connectivity index (χ0v) is 9.60. The average molecular weight is 217 g/mol. The summed E-state index contributed by atoms with van der Waals surface area (Å²) >= 11 is 0. The number of aromatic nitrogens is 1. The summed E-state index contributed by atoms with van der Waals surface area (Å²) in [4.78, 5) is 6.91. The molecule has 3 nitrogen and oxygen atoms in total. The van der Waals surface area contributed by atoms with Gasteiger partial charge in [0.2, 0.25) is 0 Å². The van der Waals surface area contributed by atoms with Gasteiger partial charge in [-0.2, -0.15) is 0 Å². The summed E-state index contributed by atoms with van der Waals surface area (Å²) in [5.41, 5.74) is 1.40. The largest absolute Gasteiger partial charge is 0.315 e. The van der Waals surface area contributed by atoms with Gasteiger partial charge < -0.3 is 5.32 Å². The Hall–Kier alpha value is -0.930. The van der Waals surface area contributed by atoms with Crippen LogP contribution in [0.3, 0.4) is 0 Å². The van der Waals surface area contributed by atoms with E-state index >= 15 is 0 Å². The highest BCUT2D eigenvalue weighted by atomic mass is 15.2. The van der Waals surface area contributed by atoms with E-state index < -0.39 is 0 Å². The van der Waals surface area contributed by atoms with Crippen LogP contribution in [0.1, 0.15) is 24.3 Å². The number of hydrogen-bond donors (Lipinski definition) is 1. The molecule has 3 heteroatoms. The predicted octanol–water partition coefficient (Wildman–Crippen LogP) is 1.23. The summed E-state index contributed by atoms with van der Waals surface area (Å²) < 4.78 is 0. The fraction of sp³-hybridized carbons (Fsp3) is 0.615. The number of rotatable bonds is 1. The van der Waals surface area contributed by atoms with Crippen LogP contribution in [0.25, 0.3) is 0 Å². The van der Waals surface area contributed by atoms with Gasteiger partial charge in [0.25, 0.3) is 0 Å². The number of nitrogens with zero attached hydrogens (tertiary/aromatic N) is 2. The van der Waals surface area contributed by atoms with Crippen LogP contribution in [-0.2, 0) is 0 Å². The van der Waals surface area contributed by atoms with Crippen molar-refractivity contribution in [3.8, 4) is 0 Å². The first kappa shape index (κ1) is 10.2. The minimum Gasteiger partial charge on any atom is -0.315 e. The van der Waals surface area contributed by atoms with Crippen molar-refractivity contribution in [3.05, 3.63) is 30.1 Å². The molecular weight excluding hydrogens is 198 g/mol. The second kappa shape index (κ2) is 4.52. The maximum absolute atomic E-state index is 4.26.